The number of carbonyl (C=O) groups is 4. The van der Waals surface area contributed by atoms with Gasteiger partial charge in [0, 0.05) is 6.54 Å². The Morgan fingerprint density at radius 2 is 1.53 bits per heavy atom. The van der Waals surface area contributed by atoms with Gasteiger partial charge in [0.1, 0.15) is 24.2 Å². The molecular formula is C16H31N7O7. The van der Waals surface area contributed by atoms with E-state index >= 15 is 0 Å². The topological polar surface area (TPSA) is 255 Å². The third-order valence-electron chi connectivity index (χ3n) is 3.95. The third kappa shape index (κ3) is 9.99. The van der Waals surface area contributed by atoms with Gasteiger partial charge in [-0.15, -0.1) is 0 Å². The van der Waals surface area contributed by atoms with E-state index in [1.807, 2.05) is 0 Å². The van der Waals surface area contributed by atoms with E-state index in [0.717, 1.165) is 0 Å². The van der Waals surface area contributed by atoms with Crippen molar-refractivity contribution in [1.29, 1.82) is 0 Å². The molecule has 172 valence electrons. The first-order valence-electron chi connectivity index (χ1n) is 9.14. The van der Waals surface area contributed by atoms with Crippen LogP contribution in [0.15, 0.2) is 4.99 Å². The highest BCUT2D eigenvalue weighted by atomic mass is 16.4. The average Bonchev–Trinajstić information content (AvgIpc) is 2.66. The fourth-order valence-corrected chi connectivity index (χ4v) is 2.12. The van der Waals surface area contributed by atoms with Crippen LogP contribution in [0.3, 0.4) is 0 Å². The Bertz CT molecular complexity index is 637. The van der Waals surface area contributed by atoms with Gasteiger partial charge in [-0.3, -0.25) is 19.4 Å². The number of rotatable bonds is 13. The van der Waals surface area contributed by atoms with Gasteiger partial charge in [-0.05, 0) is 26.7 Å². The molecule has 14 heteroatoms. The number of hydrogen-bond donors (Lipinski definition) is 9. The summed E-state index contributed by atoms with van der Waals surface area (Å²) in [6.07, 6.45) is -0.776. The summed E-state index contributed by atoms with van der Waals surface area (Å²) in [6.45, 7) is 1.95. The van der Waals surface area contributed by atoms with Crippen molar-refractivity contribution in [3.63, 3.8) is 0 Å². The van der Waals surface area contributed by atoms with Gasteiger partial charge in [0.15, 0.2) is 5.96 Å². The van der Waals surface area contributed by atoms with Gasteiger partial charge in [-0.25, -0.2) is 4.79 Å². The number of aliphatic imine (C=N–C) groups is 1. The molecule has 0 bridgehead atoms. The molecule has 5 atom stereocenters. The Balaban J connectivity index is 5.10. The number of carbonyl (C=O) groups excluding carboxylic acids is 3. The lowest BCUT2D eigenvalue weighted by Crippen LogP contribution is -2.57. The predicted molar refractivity (Wildman–Crippen MR) is 106 cm³/mol. The zero-order valence-corrected chi connectivity index (χ0v) is 16.9. The number of nitrogens with one attached hydrogen (secondary N) is 3. The lowest BCUT2D eigenvalue weighted by Gasteiger charge is -2.23. The number of nitrogens with zero attached hydrogens (tertiary/aromatic N) is 1. The van der Waals surface area contributed by atoms with Crippen molar-refractivity contribution >= 4 is 29.7 Å². The minimum atomic E-state index is -1.53. The van der Waals surface area contributed by atoms with Crippen LogP contribution in [0.2, 0.25) is 0 Å². The number of guanidine groups is 1. The Kier molecular flexibility index (Phi) is 12.0. The Morgan fingerprint density at radius 1 is 0.967 bits per heavy atom. The van der Waals surface area contributed by atoms with Crippen LogP contribution in [-0.2, 0) is 19.2 Å². The highest BCUT2D eigenvalue weighted by molar-refractivity contribution is 5.94. The first-order valence-corrected chi connectivity index (χ1v) is 9.14. The summed E-state index contributed by atoms with van der Waals surface area (Å²) in [5.74, 6) is -3.96. The van der Waals surface area contributed by atoms with E-state index in [9.17, 15) is 24.3 Å². The van der Waals surface area contributed by atoms with Crippen LogP contribution >= 0.6 is 0 Å². The number of aliphatic hydroxyl groups excluding tert-OH is 2. The maximum atomic E-state index is 12.5. The van der Waals surface area contributed by atoms with E-state index in [-0.39, 0.29) is 18.9 Å². The summed E-state index contributed by atoms with van der Waals surface area (Å²) >= 11 is 0. The summed E-state index contributed by atoms with van der Waals surface area (Å²) in [5, 5.41) is 34.0. The molecule has 0 fully saturated rings. The van der Waals surface area contributed by atoms with Crippen LogP contribution in [-0.4, -0.2) is 88.4 Å². The monoisotopic (exact) mass is 433 g/mol. The molecule has 0 aliphatic rings. The second-order valence-electron chi connectivity index (χ2n) is 6.59. The largest absolute Gasteiger partial charge is 0.480 e. The Hall–Kier alpha value is -2.97. The fraction of sp³-hybridized carbons (Fsp3) is 0.688. The number of nitrogens with two attached hydrogens (primary N) is 3. The molecule has 30 heavy (non-hydrogen) atoms. The van der Waals surface area contributed by atoms with E-state index in [2.05, 4.69) is 20.9 Å². The second kappa shape index (κ2) is 13.3. The SMILES string of the molecule is CC(NC(=O)C(CCCN=C(N)N)NC(=O)C(N)C(C)O)C(=O)NC(CO)C(=O)O. The van der Waals surface area contributed by atoms with Gasteiger partial charge in [-0.1, -0.05) is 0 Å². The van der Waals surface area contributed by atoms with Gasteiger partial charge in [0.2, 0.25) is 17.7 Å². The van der Waals surface area contributed by atoms with Crippen LogP contribution < -0.4 is 33.2 Å². The first-order chi connectivity index (χ1) is 13.9. The third-order valence-corrected chi connectivity index (χ3v) is 3.95. The van der Waals surface area contributed by atoms with Gasteiger partial charge >= 0.3 is 5.97 Å². The van der Waals surface area contributed by atoms with Crippen molar-refractivity contribution in [2.24, 2.45) is 22.2 Å². The Morgan fingerprint density at radius 3 is 2.00 bits per heavy atom. The number of aliphatic carboxylic acids is 1. The molecule has 0 aromatic carbocycles. The lowest BCUT2D eigenvalue weighted by molar-refractivity contribution is -0.143. The molecule has 0 aromatic heterocycles. The lowest BCUT2D eigenvalue weighted by atomic mass is 10.1. The minimum Gasteiger partial charge on any atom is -0.480 e. The number of carboxylic acid groups (broad SMARTS) is 1. The minimum absolute atomic E-state index is 0.0869. The van der Waals surface area contributed by atoms with Gasteiger partial charge < -0.3 is 48.5 Å². The van der Waals surface area contributed by atoms with Crippen molar-refractivity contribution in [3.05, 3.63) is 0 Å². The second-order valence-corrected chi connectivity index (χ2v) is 6.59. The fourth-order valence-electron chi connectivity index (χ4n) is 2.12. The van der Waals surface area contributed by atoms with Crippen molar-refractivity contribution in [3.8, 4) is 0 Å². The van der Waals surface area contributed by atoms with Crippen molar-refractivity contribution in [2.75, 3.05) is 13.2 Å². The van der Waals surface area contributed by atoms with Gasteiger partial charge in [0.05, 0.1) is 12.7 Å². The number of carboxylic acids is 1. The molecule has 0 spiro atoms. The van der Waals surface area contributed by atoms with Crippen LogP contribution in [0.4, 0.5) is 0 Å². The average molecular weight is 433 g/mol. The van der Waals surface area contributed by atoms with Crippen LogP contribution in [0.25, 0.3) is 0 Å². The van der Waals surface area contributed by atoms with E-state index in [1.165, 1.54) is 13.8 Å². The summed E-state index contributed by atoms with van der Waals surface area (Å²) in [4.78, 5) is 51.3. The molecule has 0 heterocycles. The smallest absolute Gasteiger partial charge is 0.328 e. The molecular weight excluding hydrogens is 402 g/mol. The highest BCUT2D eigenvalue weighted by Gasteiger charge is 2.28. The van der Waals surface area contributed by atoms with Crippen molar-refractivity contribution < 1.29 is 34.5 Å². The molecule has 0 aliphatic heterocycles. The number of hydrogen-bond acceptors (Lipinski definition) is 8. The summed E-state index contributed by atoms with van der Waals surface area (Å²) < 4.78 is 0. The van der Waals surface area contributed by atoms with Crippen molar-refractivity contribution in [1.82, 2.24) is 16.0 Å². The zero-order valence-electron chi connectivity index (χ0n) is 16.9. The molecule has 0 aromatic rings. The molecule has 12 N–H and O–H groups in total. The molecule has 0 saturated heterocycles. The Labute approximate surface area is 173 Å². The molecule has 14 nitrogen and oxygen atoms in total. The predicted octanol–water partition coefficient (Wildman–Crippen LogP) is -4.70. The molecule has 5 unspecified atom stereocenters. The van der Waals surface area contributed by atoms with E-state index in [4.69, 9.17) is 27.4 Å². The van der Waals surface area contributed by atoms with Crippen LogP contribution in [0, 0.1) is 0 Å². The molecule has 3 amide bonds. The first kappa shape index (κ1) is 27.0. The van der Waals surface area contributed by atoms with Gasteiger partial charge in [0.25, 0.3) is 0 Å². The van der Waals surface area contributed by atoms with Crippen LogP contribution in [0.5, 0.6) is 0 Å². The molecule has 0 radical (unpaired) electrons. The maximum Gasteiger partial charge on any atom is 0.328 e. The quantitative estimate of drug-likeness (QED) is 0.0761. The highest BCUT2D eigenvalue weighted by Crippen LogP contribution is 2.02. The number of aliphatic hydroxyl groups is 2. The van der Waals surface area contributed by atoms with E-state index < -0.39 is 60.6 Å². The van der Waals surface area contributed by atoms with Gasteiger partial charge in [-0.2, -0.15) is 0 Å². The molecule has 0 aliphatic carbocycles. The summed E-state index contributed by atoms with van der Waals surface area (Å²) in [5.41, 5.74) is 16.0. The van der Waals surface area contributed by atoms with E-state index in [1.54, 1.807) is 0 Å². The standard InChI is InChI=1S/C16H31N7O7/c1-7(12(26)23-10(6-24)15(29)30)21-13(27)9(4-3-5-20-16(18)19)22-14(28)11(17)8(2)25/h7-11,24-25H,3-6,17H2,1-2H3,(H,21,27)(H,22,28)(H,23,26)(H,29,30)(H4,18,19,20). The van der Waals surface area contributed by atoms with Crippen LogP contribution in [0.1, 0.15) is 26.7 Å². The zero-order chi connectivity index (χ0) is 23.4. The van der Waals surface area contributed by atoms with E-state index in [0.29, 0.717) is 6.42 Å². The number of amides is 3. The summed E-state index contributed by atoms with van der Waals surface area (Å²) in [6, 6.07) is -5.11. The summed E-state index contributed by atoms with van der Waals surface area (Å²) in [7, 11) is 0. The normalized spacial score (nSPS) is 15.6. The van der Waals surface area contributed by atoms with Crippen molar-refractivity contribution in [2.45, 2.75) is 57.0 Å². The molecule has 0 saturated carbocycles. The maximum absolute atomic E-state index is 12.5. The molecule has 0 rings (SSSR count).